The molecule has 2 aliphatic rings. The Labute approximate surface area is 152 Å². The molecule has 10 atom stereocenters. The van der Waals surface area contributed by atoms with Gasteiger partial charge in [0.1, 0.15) is 48.8 Å². The quantitative estimate of drug-likeness (QED) is 0.182. The van der Waals surface area contributed by atoms with Gasteiger partial charge in [0, 0.05) is 0 Å². The molecule has 0 aromatic rings. The Kier molecular flexibility index (Phi) is 7.68. The van der Waals surface area contributed by atoms with Gasteiger partial charge in [0.15, 0.2) is 12.6 Å². The van der Waals surface area contributed by atoms with Crippen LogP contribution >= 0.6 is 7.82 Å². The van der Waals surface area contributed by atoms with Crippen molar-refractivity contribution in [3.63, 3.8) is 0 Å². The SMILES string of the molecule is O=P(O)(O)OC[C@H]1O[C@H](OC[C@H]2OC(O)[C@@H](O)[C@@H](O)[C@@H]2O)[C@@H](O)[C@@H](O)[C@@H]1O. The van der Waals surface area contributed by atoms with E-state index >= 15 is 0 Å². The first-order valence-corrected chi connectivity index (χ1v) is 9.34. The number of phosphoric acid groups is 1. The highest BCUT2D eigenvalue weighted by Gasteiger charge is 2.47. The molecule has 2 heterocycles. The highest BCUT2D eigenvalue weighted by molar-refractivity contribution is 7.46. The zero-order valence-electron chi connectivity index (χ0n) is 13.7. The average Bonchev–Trinajstić information content (AvgIpc) is 2.59. The fourth-order valence-corrected chi connectivity index (χ4v) is 2.96. The van der Waals surface area contributed by atoms with Crippen molar-refractivity contribution < 1.29 is 68.8 Å². The van der Waals surface area contributed by atoms with E-state index in [9.17, 15) is 40.3 Å². The first-order chi connectivity index (χ1) is 12.4. The lowest BCUT2D eigenvalue weighted by Gasteiger charge is -2.42. The third kappa shape index (κ3) is 5.62. The molecule has 27 heavy (non-hydrogen) atoms. The van der Waals surface area contributed by atoms with Crippen LogP contribution in [0.3, 0.4) is 0 Å². The van der Waals surface area contributed by atoms with Crippen LogP contribution in [0.1, 0.15) is 0 Å². The summed E-state index contributed by atoms with van der Waals surface area (Å²) in [6.45, 7) is -1.42. The predicted molar refractivity (Wildman–Crippen MR) is 79.5 cm³/mol. The molecule has 160 valence electrons. The van der Waals surface area contributed by atoms with E-state index in [4.69, 9.17) is 24.0 Å². The fourth-order valence-electron chi connectivity index (χ4n) is 2.62. The predicted octanol–water partition coefficient (Wildman–Crippen LogP) is -5.28. The molecule has 15 heteroatoms. The molecule has 0 spiro atoms. The van der Waals surface area contributed by atoms with E-state index in [0.29, 0.717) is 0 Å². The lowest BCUT2D eigenvalue weighted by Crippen LogP contribution is -2.61. The van der Waals surface area contributed by atoms with Crippen molar-refractivity contribution in [2.45, 2.75) is 61.4 Å². The molecule has 1 unspecified atom stereocenters. The average molecular weight is 422 g/mol. The molecular formula is C12H23O14P. The fraction of sp³-hybridized carbons (Fsp3) is 1.00. The van der Waals surface area contributed by atoms with Crippen LogP contribution in [-0.2, 0) is 23.3 Å². The zero-order valence-corrected chi connectivity index (χ0v) is 14.6. The van der Waals surface area contributed by atoms with Gasteiger partial charge >= 0.3 is 7.82 Å². The van der Waals surface area contributed by atoms with E-state index < -0.39 is 82.4 Å². The Morgan fingerprint density at radius 2 is 1.22 bits per heavy atom. The number of hydrogen-bond acceptors (Lipinski definition) is 12. The Bertz CT molecular complexity index is 528. The standard InChI is InChI=1S/C12H23O14P/c13-5-3(25-11(19)9(17)7(5)15)1-23-12-10(18)8(16)6(14)4(26-12)2-24-27(20,21)22/h3-19H,1-2H2,(H2,20,21,22)/t3-,4-,5-,6-,7+,8+,9+,10+,11?,12+/m1/s1. The second-order valence-corrected chi connectivity index (χ2v) is 7.41. The van der Waals surface area contributed by atoms with Crippen molar-refractivity contribution in [1.82, 2.24) is 0 Å². The molecule has 2 fully saturated rings. The van der Waals surface area contributed by atoms with Crippen LogP contribution in [-0.4, -0.2) is 120 Å². The van der Waals surface area contributed by atoms with E-state index in [1.807, 2.05) is 0 Å². The van der Waals surface area contributed by atoms with Gasteiger partial charge in [-0.1, -0.05) is 0 Å². The van der Waals surface area contributed by atoms with E-state index in [1.54, 1.807) is 0 Å². The van der Waals surface area contributed by atoms with Gasteiger partial charge in [0.05, 0.1) is 13.2 Å². The minimum absolute atomic E-state index is 0.585. The molecule has 0 aliphatic carbocycles. The lowest BCUT2D eigenvalue weighted by molar-refractivity contribution is -0.325. The van der Waals surface area contributed by atoms with E-state index in [1.165, 1.54) is 0 Å². The van der Waals surface area contributed by atoms with Gasteiger partial charge in [-0.25, -0.2) is 4.57 Å². The molecule has 0 radical (unpaired) electrons. The number of aliphatic hydroxyl groups is 7. The smallest absolute Gasteiger partial charge is 0.387 e. The summed E-state index contributed by atoms with van der Waals surface area (Å²) in [4.78, 5) is 17.4. The van der Waals surface area contributed by atoms with Crippen LogP contribution < -0.4 is 0 Å². The molecule has 0 bridgehead atoms. The molecule has 2 aliphatic heterocycles. The summed E-state index contributed by atoms with van der Waals surface area (Å²) < 4.78 is 30.1. The third-order valence-corrected chi connectivity index (χ3v) is 4.67. The highest BCUT2D eigenvalue weighted by Crippen LogP contribution is 2.37. The topological polar surface area (TPSA) is 236 Å². The van der Waals surface area contributed by atoms with Gasteiger partial charge in [-0.2, -0.15) is 0 Å². The van der Waals surface area contributed by atoms with Crippen LogP contribution in [0.2, 0.25) is 0 Å². The van der Waals surface area contributed by atoms with Crippen LogP contribution in [0.5, 0.6) is 0 Å². The molecule has 9 N–H and O–H groups in total. The summed E-state index contributed by atoms with van der Waals surface area (Å²) in [6.07, 6.45) is -16.8. The third-order valence-electron chi connectivity index (χ3n) is 4.19. The maximum Gasteiger partial charge on any atom is 0.469 e. The molecule has 14 nitrogen and oxygen atoms in total. The molecule has 0 aromatic carbocycles. The van der Waals surface area contributed by atoms with Crippen LogP contribution in [0, 0.1) is 0 Å². The first-order valence-electron chi connectivity index (χ1n) is 7.81. The van der Waals surface area contributed by atoms with Gasteiger partial charge in [-0.3, -0.25) is 4.52 Å². The maximum atomic E-state index is 10.7. The van der Waals surface area contributed by atoms with Crippen molar-refractivity contribution in [2.24, 2.45) is 0 Å². The van der Waals surface area contributed by atoms with Crippen LogP contribution in [0.25, 0.3) is 0 Å². The van der Waals surface area contributed by atoms with Crippen molar-refractivity contribution in [1.29, 1.82) is 0 Å². The minimum Gasteiger partial charge on any atom is -0.387 e. The van der Waals surface area contributed by atoms with Crippen LogP contribution in [0.15, 0.2) is 0 Å². The van der Waals surface area contributed by atoms with Crippen LogP contribution in [0.4, 0.5) is 0 Å². The Morgan fingerprint density at radius 3 is 1.78 bits per heavy atom. The zero-order chi connectivity index (χ0) is 20.5. The lowest BCUT2D eigenvalue weighted by atomic mass is 9.98. The largest absolute Gasteiger partial charge is 0.469 e. The number of ether oxygens (including phenoxy) is 3. The summed E-state index contributed by atoms with van der Waals surface area (Å²) in [5, 5.41) is 67.8. The minimum atomic E-state index is -4.89. The molecular weight excluding hydrogens is 399 g/mol. The monoisotopic (exact) mass is 422 g/mol. The summed E-state index contributed by atoms with van der Waals surface area (Å²) in [6, 6.07) is 0. The number of aliphatic hydroxyl groups excluding tert-OH is 7. The van der Waals surface area contributed by atoms with Gasteiger partial charge in [0.2, 0.25) is 0 Å². The summed E-state index contributed by atoms with van der Waals surface area (Å²) >= 11 is 0. The highest BCUT2D eigenvalue weighted by atomic mass is 31.2. The molecule has 0 amide bonds. The van der Waals surface area contributed by atoms with Gasteiger partial charge in [-0.15, -0.1) is 0 Å². The Balaban J connectivity index is 1.96. The first kappa shape index (κ1) is 23.0. The number of hydrogen-bond donors (Lipinski definition) is 9. The van der Waals surface area contributed by atoms with Crippen molar-refractivity contribution in [3.8, 4) is 0 Å². The Morgan fingerprint density at radius 1 is 0.704 bits per heavy atom. The number of rotatable bonds is 6. The molecule has 2 rings (SSSR count). The normalized spacial score (nSPS) is 46.4. The van der Waals surface area contributed by atoms with E-state index in [2.05, 4.69) is 4.52 Å². The van der Waals surface area contributed by atoms with Crippen molar-refractivity contribution in [3.05, 3.63) is 0 Å². The number of phosphoric ester groups is 1. The van der Waals surface area contributed by atoms with Crippen molar-refractivity contribution >= 4 is 7.82 Å². The van der Waals surface area contributed by atoms with Crippen molar-refractivity contribution in [2.75, 3.05) is 13.2 Å². The molecule has 2 saturated heterocycles. The summed E-state index contributed by atoms with van der Waals surface area (Å²) in [5.41, 5.74) is 0. The second kappa shape index (κ2) is 9.02. The van der Waals surface area contributed by atoms with Gasteiger partial charge in [-0.05, 0) is 0 Å². The van der Waals surface area contributed by atoms with E-state index in [0.717, 1.165) is 0 Å². The summed E-state index contributed by atoms with van der Waals surface area (Å²) in [7, 11) is -4.89. The summed E-state index contributed by atoms with van der Waals surface area (Å²) in [5.74, 6) is 0. The van der Waals surface area contributed by atoms with E-state index in [-0.39, 0.29) is 0 Å². The molecule has 0 aromatic heterocycles. The van der Waals surface area contributed by atoms with Gasteiger partial charge in [0.25, 0.3) is 0 Å². The molecule has 0 saturated carbocycles. The second-order valence-electron chi connectivity index (χ2n) is 6.17. The maximum absolute atomic E-state index is 10.7. The Hall–Kier alpha value is -0.290. The van der Waals surface area contributed by atoms with Gasteiger partial charge < -0.3 is 59.7 Å².